The second-order valence-corrected chi connectivity index (χ2v) is 3.88. The van der Waals surface area contributed by atoms with Crippen LogP contribution in [0.3, 0.4) is 0 Å². The largest absolute Gasteiger partial charge is 0.333 e. The van der Waals surface area contributed by atoms with Crippen LogP contribution in [-0.2, 0) is 6.54 Å². The highest BCUT2D eigenvalue weighted by Gasteiger charge is 2.17. The van der Waals surface area contributed by atoms with Crippen molar-refractivity contribution in [2.24, 2.45) is 0 Å². The van der Waals surface area contributed by atoms with Crippen molar-refractivity contribution in [3.8, 4) is 0 Å². The maximum Gasteiger partial charge on any atom is 0.130 e. The van der Waals surface area contributed by atoms with Gasteiger partial charge in [-0.3, -0.25) is 0 Å². The quantitative estimate of drug-likeness (QED) is 0.845. The van der Waals surface area contributed by atoms with Crippen LogP contribution < -0.4 is 5.32 Å². The first-order valence-electron chi connectivity index (χ1n) is 5.81. The molecule has 0 aliphatic rings. The predicted molar refractivity (Wildman–Crippen MR) is 65.5 cm³/mol. The summed E-state index contributed by atoms with van der Waals surface area (Å²) < 4.78 is 2.17. The zero-order valence-corrected chi connectivity index (χ0v) is 10.2. The van der Waals surface area contributed by atoms with E-state index in [2.05, 4.69) is 32.0 Å². The van der Waals surface area contributed by atoms with E-state index in [9.17, 15) is 0 Å². The van der Waals surface area contributed by atoms with E-state index in [-0.39, 0.29) is 6.04 Å². The van der Waals surface area contributed by atoms with Crippen LogP contribution in [0, 0.1) is 0 Å². The van der Waals surface area contributed by atoms with Crippen molar-refractivity contribution in [2.75, 3.05) is 7.05 Å². The molecule has 5 heteroatoms. The van der Waals surface area contributed by atoms with Crippen LogP contribution in [-0.4, -0.2) is 26.8 Å². The molecule has 0 fully saturated rings. The summed E-state index contributed by atoms with van der Waals surface area (Å²) in [5.41, 5.74) is 1.08. The summed E-state index contributed by atoms with van der Waals surface area (Å²) in [6.45, 7) is 3.14. The molecule has 17 heavy (non-hydrogen) atoms. The summed E-state index contributed by atoms with van der Waals surface area (Å²) >= 11 is 0. The number of hydrogen-bond donors (Lipinski definition) is 1. The number of rotatable bonds is 5. The molecule has 90 valence electrons. The minimum absolute atomic E-state index is 0.0621. The SMILES string of the molecule is CCCn1ccnc1C(NC)c1ccnnc1. The summed E-state index contributed by atoms with van der Waals surface area (Å²) in [6.07, 6.45) is 8.41. The lowest BCUT2D eigenvalue weighted by Crippen LogP contribution is -2.22. The molecule has 2 rings (SSSR count). The van der Waals surface area contributed by atoms with Crippen molar-refractivity contribution in [1.82, 2.24) is 25.1 Å². The number of aryl methyl sites for hydroxylation is 1. The summed E-state index contributed by atoms with van der Waals surface area (Å²) in [5.74, 6) is 1.02. The first-order valence-corrected chi connectivity index (χ1v) is 5.81. The van der Waals surface area contributed by atoms with Gasteiger partial charge < -0.3 is 9.88 Å². The molecule has 0 aliphatic carbocycles. The standard InChI is InChI=1S/C12H17N5/c1-3-7-17-8-6-14-12(17)11(13-2)10-4-5-15-16-9-10/h4-6,8-9,11,13H,3,7H2,1-2H3. The fourth-order valence-corrected chi connectivity index (χ4v) is 1.93. The number of hydrogen-bond acceptors (Lipinski definition) is 4. The fraction of sp³-hybridized carbons (Fsp3) is 0.417. The van der Waals surface area contributed by atoms with Crippen LogP contribution in [0.25, 0.3) is 0 Å². The molecule has 1 atom stereocenters. The van der Waals surface area contributed by atoms with Crippen molar-refractivity contribution in [1.29, 1.82) is 0 Å². The Morgan fingerprint density at radius 2 is 2.24 bits per heavy atom. The van der Waals surface area contributed by atoms with Gasteiger partial charge >= 0.3 is 0 Å². The molecule has 0 spiro atoms. The highest BCUT2D eigenvalue weighted by atomic mass is 15.1. The van der Waals surface area contributed by atoms with E-state index in [1.807, 2.05) is 25.5 Å². The van der Waals surface area contributed by atoms with Crippen LogP contribution >= 0.6 is 0 Å². The van der Waals surface area contributed by atoms with Gasteiger partial charge in [-0.1, -0.05) is 6.92 Å². The predicted octanol–water partition coefficient (Wildman–Crippen LogP) is 1.39. The minimum atomic E-state index is 0.0621. The van der Waals surface area contributed by atoms with E-state index < -0.39 is 0 Å². The summed E-state index contributed by atoms with van der Waals surface area (Å²) in [4.78, 5) is 4.43. The normalized spacial score (nSPS) is 12.6. The van der Waals surface area contributed by atoms with E-state index in [1.54, 1.807) is 12.4 Å². The number of nitrogens with zero attached hydrogens (tertiary/aromatic N) is 4. The Balaban J connectivity index is 2.32. The van der Waals surface area contributed by atoms with Crippen molar-refractivity contribution in [3.63, 3.8) is 0 Å². The Hall–Kier alpha value is -1.75. The van der Waals surface area contributed by atoms with E-state index in [4.69, 9.17) is 0 Å². The monoisotopic (exact) mass is 231 g/mol. The second kappa shape index (κ2) is 5.54. The molecule has 1 unspecified atom stereocenters. The average Bonchev–Trinajstić information content (AvgIpc) is 2.81. The number of imidazole rings is 1. The molecule has 0 aliphatic heterocycles. The van der Waals surface area contributed by atoms with Crippen LogP contribution in [0.4, 0.5) is 0 Å². The van der Waals surface area contributed by atoms with Crippen LogP contribution in [0.1, 0.15) is 30.8 Å². The fourth-order valence-electron chi connectivity index (χ4n) is 1.93. The molecule has 0 saturated heterocycles. The number of aromatic nitrogens is 4. The third-order valence-electron chi connectivity index (χ3n) is 2.70. The molecule has 0 radical (unpaired) electrons. The van der Waals surface area contributed by atoms with E-state index in [1.165, 1.54) is 0 Å². The molecule has 2 aromatic rings. The Labute approximate surface area is 101 Å². The molecular weight excluding hydrogens is 214 g/mol. The Bertz CT molecular complexity index is 451. The van der Waals surface area contributed by atoms with Gasteiger partial charge in [0.15, 0.2) is 0 Å². The molecule has 1 N–H and O–H groups in total. The zero-order valence-electron chi connectivity index (χ0n) is 10.2. The van der Waals surface area contributed by atoms with Gasteiger partial charge in [0, 0.05) is 25.1 Å². The van der Waals surface area contributed by atoms with Gasteiger partial charge in [-0.25, -0.2) is 4.98 Å². The van der Waals surface area contributed by atoms with Crippen molar-refractivity contribution < 1.29 is 0 Å². The van der Waals surface area contributed by atoms with Crippen molar-refractivity contribution >= 4 is 0 Å². The summed E-state index contributed by atoms with van der Waals surface area (Å²) in [6, 6.07) is 2.02. The molecule has 0 bridgehead atoms. The first kappa shape index (κ1) is 11.7. The molecule has 2 heterocycles. The molecule has 0 saturated carbocycles. The van der Waals surface area contributed by atoms with Crippen LogP contribution in [0.5, 0.6) is 0 Å². The maximum atomic E-state index is 4.43. The van der Waals surface area contributed by atoms with Gasteiger partial charge in [0.05, 0.1) is 12.2 Å². The average molecular weight is 231 g/mol. The zero-order chi connectivity index (χ0) is 12.1. The van der Waals surface area contributed by atoms with Gasteiger partial charge in [0.2, 0.25) is 0 Å². The Morgan fingerprint density at radius 3 is 2.88 bits per heavy atom. The smallest absolute Gasteiger partial charge is 0.130 e. The first-order chi connectivity index (χ1) is 8.36. The lowest BCUT2D eigenvalue weighted by atomic mass is 10.1. The van der Waals surface area contributed by atoms with Crippen LogP contribution in [0.15, 0.2) is 30.9 Å². The molecule has 0 amide bonds. The minimum Gasteiger partial charge on any atom is -0.333 e. The molecular formula is C12H17N5. The lowest BCUT2D eigenvalue weighted by Gasteiger charge is -2.17. The second-order valence-electron chi connectivity index (χ2n) is 3.88. The highest BCUT2D eigenvalue weighted by Crippen LogP contribution is 2.19. The third kappa shape index (κ3) is 2.50. The van der Waals surface area contributed by atoms with Crippen molar-refractivity contribution in [2.45, 2.75) is 25.9 Å². The van der Waals surface area contributed by atoms with Gasteiger partial charge in [-0.15, -0.1) is 0 Å². The van der Waals surface area contributed by atoms with E-state index >= 15 is 0 Å². The topological polar surface area (TPSA) is 55.6 Å². The Kier molecular flexibility index (Phi) is 3.82. The maximum absolute atomic E-state index is 4.43. The van der Waals surface area contributed by atoms with E-state index in [0.29, 0.717) is 0 Å². The molecule has 2 aromatic heterocycles. The van der Waals surface area contributed by atoms with Crippen LogP contribution in [0.2, 0.25) is 0 Å². The highest BCUT2D eigenvalue weighted by molar-refractivity contribution is 5.20. The van der Waals surface area contributed by atoms with Crippen molar-refractivity contribution in [3.05, 3.63) is 42.2 Å². The third-order valence-corrected chi connectivity index (χ3v) is 2.70. The van der Waals surface area contributed by atoms with Gasteiger partial charge in [-0.2, -0.15) is 10.2 Å². The van der Waals surface area contributed by atoms with Gasteiger partial charge in [-0.05, 0) is 25.1 Å². The lowest BCUT2D eigenvalue weighted by molar-refractivity contribution is 0.566. The number of nitrogens with one attached hydrogen (secondary N) is 1. The van der Waals surface area contributed by atoms with E-state index in [0.717, 1.165) is 24.4 Å². The summed E-state index contributed by atoms with van der Waals surface area (Å²) in [5, 5.41) is 11.0. The summed E-state index contributed by atoms with van der Waals surface area (Å²) in [7, 11) is 1.93. The van der Waals surface area contributed by atoms with Gasteiger partial charge in [0.25, 0.3) is 0 Å². The Morgan fingerprint density at radius 1 is 1.35 bits per heavy atom. The molecule has 5 nitrogen and oxygen atoms in total. The molecule has 0 aromatic carbocycles. The van der Waals surface area contributed by atoms with Gasteiger partial charge in [0.1, 0.15) is 5.82 Å².